The van der Waals surface area contributed by atoms with Crippen LogP contribution in [0.25, 0.3) is 0 Å². The molecule has 0 aliphatic carbocycles. The third-order valence-electron chi connectivity index (χ3n) is 6.90. The highest BCUT2D eigenvalue weighted by molar-refractivity contribution is 5.96. The smallest absolute Gasteiger partial charge is 0.257 e. The lowest BCUT2D eigenvalue weighted by Crippen LogP contribution is -2.62. The van der Waals surface area contributed by atoms with E-state index >= 15 is 0 Å². The van der Waals surface area contributed by atoms with Crippen molar-refractivity contribution in [3.8, 4) is 5.75 Å². The summed E-state index contributed by atoms with van der Waals surface area (Å²) >= 11 is 0. The Hall–Kier alpha value is -2.87. The van der Waals surface area contributed by atoms with E-state index in [2.05, 4.69) is 11.2 Å². The van der Waals surface area contributed by atoms with Gasteiger partial charge in [0.1, 0.15) is 12.4 Å². The maximum atomic E-state index is 13.8. The van der Waals surface area contributed by atoms with Crippen molar-refractivity contribution in [3.05, 3.63) is 47.3 Å². The van der Waals surface area contributed by atoms with Gasteiger partial charge in [-0.3, -0.25) is 14.3 Å². The van der Waals surface area contributed by atoms with Crippen molar-refractivity contribution < 1.29 is 19.1 Å². The molecular formula is C26H36N4O4. The predicted molar refractivity (Wildman–Crippen MR) is 129 cm³/mol. The van der Waals surface area contributed by atoms with Crippen molar-refractivity contribution in [2.45, 2.75) is 58.6 Å². The lowest BCUT2D eigenvalue weighted by atomic mass is 9.90. The van der Waals surface area contributed by atoms with Gasteiger partial charge in [0, 0.05) is 25.8 Å². The number of benzene rings is 1. The van der Waals surface area contributed by atoms with Crippen LogP contribution < -0.4 is 4.74 Å². The Labute approximate surface area is 201 Å². The summed E-state index contributed by atoms with van der Waals surface area (Å²) in [4.78, 5) is 30.8. The molecule has 8 heteroatoms. The molecule has 184 valence electrons. The van der Waals surface area contributed by atoms with Gasteiger partial charge in [-0.25, -0.2) is 0 Å². The van der Waals surface area contributed by atoms with Gasteiger partial charge in [-0.15, -0.1) is 0 Å². The molecule has 3 heterocycles. The number of rotatable bonds is 3. The van der Waals surface area contributed by atoms with Crippen molar-refractivity contribution in [2.24, 2.45) is 0 Å². The first-order chi connectivity index (χ1) is 16.5. The van der Waals surface area contributed by atoms with Crippen LogP contribution in [0.5, 0.6) is 5.75 Å². The minimum Gasteiger partial charge on any atom is -0.491 e. The lowest BCUT2D eigenvalue weighted by molar-refractivity contribution is -0.170. The Morgan fingerprint density at radius 3 is 2.71 bits per heavy atom. The minimum atomic E-state index is -1.03. The summed E-state index contributed by atoms with van der Waals surface area (Å²) in [5.74, 6) is 0.764. The second kappa shape index (κ2) is 10.6. The van der Waals surface area contributed by atoms with Crippen molar-refractivity contribution >= 4 is 11.8 Å². The Morgan fingerprint density at radius 1 is 1.12 bits per heavy atom. The molecule has 1 atom stereocenters. The normalized spacial score (nSPS) is 22.0. The summed E-state index contributed by atoms with van der Waals surface area (Å²) in [7, 11) is 0. The molecule has 1 spiro atoms. The number of hydrogen-bond acceptors (Lipinski definition) is 5. The van der Waals surface area contributed by atoms with E-state index in [4.69, 9.17) is 9.47 Å². The van der Waals surface area contributed by atoms with Crippen LogP contribution in [0.15, 0.2) is 30.5 Å². The molecule has 0 bridgehead atoms. The first-order valence-electron chi connectivity index (χ1n) is 12.4. The van der Waals surface area contributed by atoms with E-state index in [0.717, 1.165) is 25.0 Å². The van der Waals surface area contributed by atoms with Gasteiger partial charge in [0.25, 0.3) is 11.8 Å². The average molecular weight is 469 g/mol. The lowest BCUT2D eigenvalue weighted by Gasteiger charge is -2.44. The van der Waals surface area contributed by atoms with Crippen LogP contribution in [0.4, 0.5) is 0 Å². The topological polar surface area (TPSA) is 76.9 Å². The zero-order chi connectivity index (χ0) is 24.1. The summed E-state index contributed by atoms with van der Waals surface area (Å²) in [5, 5.41) is 4.43. The van der Waals surface area contributed by atoms with Gasteiger partial charge in [0.2, 0.25) is 0 Å². The molecule has 0 saturated carbocycles. The van der Waals surface area contributed by atoms with Gasteiger partial charge in [0.05, 0.1) is 31.0 Å². The van der Waals surface area contributed by atoms with E-state index in [0.29, 0.717) is 57.1 Å². The van der Waals surface area contributed by atoms with Crippen LogP contribution in [-0.4, -0.2) is 76.4 Å². The molecule has 2 amide bonds. The fourth-order valence-corrected chi connectivity index (χ4v) is 4.94. The van der Waals surface area contributed by atoms with Crippen LogP contribution >= 0.6 is 0 Å². The predicted octanol–water partition coefficient (Wildman–Crippen LogP) is 3.08. The van der Waals surface area contributed by atoms with Crippen LogP contribution in [-0.2, 0) is 22.5 Å². The molecule has 2 aromatic rings. The van der Waals surface area contributed by atoms with E-state index < -0.39 is 5.60 Å². The molecule has 2 aliphatic heterocycles. The van der Waals surface area contributed by atoms with Crippen molar-refractivity contribution in [2.75, 3.05) is 39.4 Å². The largest absolute Gasteiger partial charge is 0.491 e. The Bertz CT molecular complexity index is 1020. The number of carbonyl (C=O) groups excluding carboxylic acids is 2. The molecule has 1 fully saturated rings. The maximum Gasteiger partial charge on any atom is 0.257 e. The SMILES string of the molecule is CCN1CCOc2ccccc2CCCCC2(CN(C(=O)c3cn(CC)nc3C)CCO2)C1=O. The van der Waals surface area contributed by atoms with Gasteiger partial charge in [-0.05, 0) is 58.1 Å². The molecule has 1 saturated heterocycles. The van der Waals surface area contributed by atoms with Crippen molar-refractivity contribution in [3.63, 3.8) is 0 Å². The highest BCUT2D eigenvalue weighted by atomic mass is 16.5. The average Bonchev–Trinajstić information content (AvgIpc) is 3.24. The third-order valence-corrected chi connectivity index (χ3v) is 6.90. The molecule has 4 rings (SSSR count). The second-order valence-electron chi connectivity index (χ2n) is 9.10. The number of para-hydroxylation sites is 1. The van der Waals surface area contributed by atoms with Gasteiger partial charge in [-0.2, -0.15) is 5.10 Å². The number of morpholine rings is 1. The number of carbonyl (C=O) groups is 2. The summed E-state index contributed by atoms with van der Waals surface area (Å²) in [6, 6.07) is 8.12. The monoisotopic (exact) mass is 468 g/mol. The van der Waals surface area contributed by atoms with E-state index in [1.807, 2.05) is 39.0 Å². The first-order valence-corrected chi connectivity index (χ1v) is 12.4. The summed E-state index contributed by atoms with van der Waals surface area (Å²) in [6.07, 6.45) is 5.02. The number of hydrogen-bond donors (Lipinski definition) is 0. The summed E-state index contributed by atoms with van der Waals surface area (Å²) < 4.78 is 14.1. The third kappa shape index (κ3) is 4.97. The van der Waals surface area contributed by atoms with E-state index in [1.54, 1.807) is 20.7 Å². The molecule has 2 aliphatic rings. The summed E-state index contributed by atoms with van der Waals surface area (Å²) in [6.45, 7) is 9.05. The minimum absolute atomic E-state index is 0.0501. The highest BCUT2D eigenvalue weighted by Gasteiger charge is 2.46. The number of amides is 2. The number of ether oxygens (including phenoxy) is 2. The Kier molecular flexibility index (Phi) is 7.56. The van der Waals surface area contributed by atoms with Crippen molar-refractivity contribution in [1.29, 1.82) is 0 Å². The molecule has 0 N–H and O–H groups in total. The molecule has 8 nitrogen and oxygen atoms in total. The molecule has 1 aromatic carbocycles. The van der Waals surface area contributed by atoms with Crippen LogP contribution in [0.2, 0.25) is 0 Å². The quantitative estimate of drug-likeness (QED) is 0.692. The van der Waals surface area contributed by atoms with Crippen LogP contribution in [0, 0.1) is 6.92 Å². The Morgan fingerprint density at radius 2 is 1.94 bits per heavy atom. The molecule has 0 radical (unpaired) electrons. The van der Waals surface area contributed by atoms with E-state index in [9.17, 15) is 9.59 Å². The number of fused-ring (bicyclic) bond motifs is 1. The molecule has 1 unspecified atom stereocenters. The van der Waals surface area contributed by atoms with Gasteiger partial charge in [0.15, 0.2) is 5.60 Å². The number of aromatic nitrogens is 2. The molecule has 1 aromatic heterocycles. The van der Waals surface area contributed by atoms with E-state index in [1.165, 1.54) is 5.56 Å². The van der Waals surface area contributed by atoms with Crippen molar-refractivity contribution in [1.82, 2.24) is 19.6 Å². The van der Waals surface area contributed by atoms with Gasteiger partial charge >= 0.3 is 0 Å². The highest BCUT2D eigenvalue weighted by Crippen LogP contribution is 2.30. The maximum absolute atomic E-state index is 13.8. The second-order valence-corrected chi connectivity index (χ2v) is 9.10. The fourth-order valence-electron chi connectivity index (χ4n) is 4.94. The number of aryl methyl sites for hydroxylation is 3. The van der Waals surface area contributed by atoms with Gasteiger partial charge < -0.3 is 19.3 Å². The standard InChI is InChI=1S/C26H36N4O4/c1-4-28-14-16-33-23-12-7-6-10-21(23)11-8-9-13-26(25(28)32)19-29(15-17-34-26)24(31)22-18-30(5-2)27-20(22)3/h6-7,10,12,18H,4-5,8-9,11,13-17,19H2,1-3H3. The van der Waals surface area contributed by atoms with E-state index in [-0.39, 0.29) is 18.4 Å². The Balaban J connectivity index is 1.57. The van der Waals surface area contributed by atoms with Crippen LogP contribution in [0.3, 0.4) is 0 Å². The van der Waals surface area contributed by atoms with Crippen LogP contribution in [0.1, 0.15) is 54.7 Å². The summed E-state index contributed by atoms with van der Waals surface area (Å²) in [5.41, 5.74) is 1.47. The number of likely N-dealkylation sites (N-methyl/N-ethyl adjacent to an activating group) is 1. The molecule has 34 heavy (non-hydrogen) atoms. The first kappa shape index (κ1) is 24.3. The fraction of sp³-hybridized carbons (Fsp3) is 0.577. The molecular weight excluding hydrogens is 432 g/mol. The zero-order valence-electron chi connectivity index (χ0n) is 20.6. The zero-order valence-corrected chi connectivity index (χ0v) is 20.6. The number of nitrogens with zero attached hydrogens (tertiary/aromatic N) is 4. The van der Waals surface area contributed by atoms with Gasteiger partial charge in [-0.1, -0.05) is 18.2 Å².